The number of hydrogen-bond donors (Lipinski definition) is 1. The highest BCUT2D eigenvalue weighted by molar-refractivity contribution is 5.95. The normalized spacial score (nSPS) is 19.4. The topological polar surface area (TPSA) is 80.1 Å². The summed E-state index contributed by atoms with van der Waals surface area (Å²) in [4.78, 5) is 31.1. The van der Waals surface area contributed by atoms with E-state index >= 15 is 0 Å². The Kier molecular flexibility index (Phi) is 5.18. The first-order valence-corrected chi connectivity index (χ1v) is 9.74. The molecular formula is C20H25N5O2. The molecule has 0 unspecified atom stereocenters. The molecular weight excluding hydrogens is 342 g/mol. The van der Waals surface area contributed by atoms with Crippen LogP contribution in [0.25, 0.3) is 0 Å². The summed E-state index contributed by atoms with van der Waals surface area (Å²) < 4.78 is 1.95. The fourth-order valence-corrected chi connectivity index (χ4v) is 3.96. The third-order valence-electron chi connectivity index (χ3n) is 5.53. The molecule has 0 radical (unpaired) electrons. The molecule has 2 aliphatic heterocycles. The van der Waals surface area contributed by atoms with E-state index in [4.69, 9.17) is 0 Å². The molecule has 0 aliphatic carbocycles. The Morgan fingerprint density at radius 2 is 2.00 bits per heavy atom. The second-order valence-corrected chi connectivity index (χ2v) is 7.39. The van der Waals surface area contributed by atoms with Gasteiger partial charge in [0, 0.05) is 38.6 Å². The van der Waals surface area contributed by atoms with Crippen molar-refractivity contribution < 1.29 is 9.59 Å². The highest BCUT2D eigenvalue weighted by atomic mass is 16.2. The monoisotopic (exact) mass is 367 g/mol. The second-order valence-electron chi connectivity index (χ2n) is 7.39. The van der Waals surface area contributed by atoms with Gasteiger partial charge in [-0.25, -0.2) is 0 Å². The highest BCUT2D eigenvalue weighted by Gasteiger charge is 2.28. The number of amides is 2. The smallest absolute Gasteiger partial charge is 0.257 e. The summed E-state index contributed by atoms with van der Waals surface area (Å²) in [5.41, 5.74) is 2.32. The van der Waals surface area contributed by atoms with Gasteiger partial charge < -0.3 is 10.2 Å². The number of pyridine rings is 1. The number of carbonyl (C=O) groups is 2. The van der Waals surface area contributed by atoms with Gasteiger partial charge in [0.1, 0.15) is 0 Å². The van der Waals surface area contributed by atoms with Gasteiger partial charge in [-0.1, -0.05) is 0 Å². The molecule has 0 aromatic carbocycles. The van der Waals surface area contributed by atoms with Gasteiger partial charge in [-0.3, -0.25) is 19.3 Å². The first kappa shape index (κ1) is 17.7. The van der Waals surface area contributed by atoms with Gasteiger partial charge in [-0.15, -0.1) is 0 Å². The van der Waals surface area contributed by atoms with Gasteiger partial charge >= 0.3 is 0 Å². The summed E-state index contributed by atoms with van der Waals surface area (Å²) in [6.45, 7) is 3.06. The molecule has 27 heavy (non-hydrogen) atoms. The van der Waals surface area contributed by atoms with E-state index < -0.39 is 0 Å². The zero-order valence-electron chi connectivity index (χ0n) is 15.4. The van der Waals surface area contributed by atoms with Crippen LogP contribution >= 0.6 is 0 Å². The summed E-state index contributed by atoms with van der Waals surface area (Å²) in [5.74, 6) is 0.311. The average molecular weight is 367 g/mol. The largest absolute Gasteiger partial charge is 0.352 e. The number of piperidine rings is 1. The molecule has 2 aromatic heterocycles. The lowest BCUT2D eigenvalue weighted by atomic mass is 9.93. The molecule has 2 amide bonds. The zero-order valence-corrected chi connectivity index (χ0v) is 15.4. The summed E-state index contributed by atoms with van der Waals surface area (Å²) in [6, 6.07) is 3.51. The summed E-state index contributed by atoms with van der Waals surface area (Å²) in [5, 5.41) is 7.42. The molecule has 2 aliphatic rings. The standard InChI is InChI=1S/C20H25N5O2/c26-19(16-5-4-7-21-13-16)22-12-15-6-10-25-18(11-15)17(14-23-25)20(27)24-8-2-1-3-9-24/h4-5,7,13-15H,1-3,6,8-12H2,(H,22,26)/t15-/m0/s1. The number of carbonyl (C=O) groups excluding carboxylic acids is 2. The fraction of sp³-hybridized carbons (Fsp3) is 0.500. The first-order chi connectivity index (χ1) is 13.2. The van der Waals surface area contributed by atoms with Crippen LogP contribution in [0.2, 0.25) is 0 Å². The van der Waals surface area contributed by atoms with Crippen molar-refractivity contribution in [2.24, 2.45) is 5.92 Å². The third kappa shape index (κ3) is 3.86. The number of rotatable bonds is 4. The van der Waals surface area contributed by atoms with E-state index in [-0.39, 0.29) is 11.8 Å². The molecule has 0 saturated carbocycles. The Hall–Kier alpha value is -2.70. The molecule has 1 N–H and O–H groups in total. The number of hydrogen-bond acceptors (Lipinski definition) is 4. The van der Waals surface area contributed by atoms with Crippen molar-refractivity contribution in [1.82, 2.24) is 25.0 Å². The number of aryl methyl sites for hydroxylation is 1. The van der Waals surface area contributed by atoms with Gasteiger partial charge in [0.25, 0.3) is 11.8 Å². The van der Waals surface area contributed by atoms with Gasteiger partial charge in [-0.2, -0.15) is 5.10 Å². The Bertz CT molecular complexity index is 811. The SMILES string of the molecule is O=C(NC[C@H]1CCn2ncc(C(=O)N3CCCCC3)c2C1)c1cccnc1. The van der Waals surface area contributed by atoms with Gasteiger partial charge in [0.2, 0.25) is 0 Å². The summed E-state index contributed by atoms with van der Waals surface area (Å²) in [7, 11) is 0. The van der Waals surface area contributed by atoms with Crippen LogP contribution in [0.3, 0.4) is 0 Å². The van der Waals surface area contributed by atoms with Gasteiger partial charge in [0.15, 0.2) is 0 Å². The van der Waals surface area contributed by atoms with Crippen LogP contribution in [0.15, 0.2) is 30.7 Å². The van der Waals surface area contributed by atoms with E-state index in [0.29, 0.717) is 18.0 Å². The molecule has 7 heteroatoms. The summed E-state index contributed by atoms with van der Waals surface area (Å²) in [6.07, 6.45) is 10.0. The van der Waals surface area contributed by atoms with Crippen LogP contribution in [0.1, 0.15) is 52.1 Å². The van der Waals surface area contributed by atoms with Crippen LogP contribution in [0.5, 0.6) is 0 Å². The molecule has 7 nitrogen and oxygen atoms in total. The zero-order chi connectivity index (χ0) is 18.6. The highest BCUT2D eigenvalue weighted by Crippen LogP contribution is 2.24. The van der Waals surface area contributed by atoms with Crippen molar-refractivity contribution in [2.45, 2.75) is 38.6 Å². The Morgan fingerprint density at radius 3 is 2.78 bits per heavy atom. The molecule has 0 spiro atoms. The van der Waals surface area contributed by atoms with Crippen LogP contribution in [0, 0.1) is 5.92 Å². The lowest BCUT2D eigenvalue weighted by Crippen LogP contribution is -2.37. The van der Waals surface area contributed by atoms with Crippen LogP contribution < -0.4 is 5.32 Å². The van der Waals surface area contributed by atoms with Crippen molar-refractivity contribution >= 4 is 11.8 Å². The minimum Gasteiger partial charge on any atom is -0.352 e. The van der Waals surface area contributed by atoms with E-state index in [0.717, 1.165) is 56.6 Å². The molecule has 4 rings (SSSR count). The van der Waals surface area contributed by atoms with Crippen molar-refractivity contribution in [3.63, 3.8) is 0 Å². The number of nitrogens with zero attached hydrogens (tertiary/aromatic N) is 4. The molecule has 4 heterocycles. The summed E-state index contributed by atoms with van der Waals surface area (Å²) >= 11 is 0. The van der Waals surface area contributed by atoms with Gasteiger partial charge in [0.05, 0.1) is 23.0 Å². The van der Waals surface area contributed by atoms with Crippen LogP contribution in [0.4, 0.5) is 0 Å². The number of nitrogens with one attached hydrogen (secondary N) is 1. The molecule has 2 aromatic rings. The molecule has 1 saturated heterocycles. The van der Waals surface area contributed by atoms with E-state index in [1.165, 1.54) is 6.42 Å². The molecule has 142 valence electrons. The van der Waals surface area contributed by atoms with Crippen LogP contribution in [-0.2, 0) is 13.0 Å². The van der Waals surface area contributed by atoms with Crippen molar-refractivity contribution in [3.05, 3.63) is 47.5 Å². The Balaban J connectivity index is 1.40. The van der Waals surface area contributed by atoms with Crippen LogP contribution in [-0.4, -0.2) is 51.1 Å². The maximum Gasteiger partial charge on any atom is 0.257 e. The molecule has 1 fully saturated rings. The number of aromatic nitrogens is 3. The van der Waals surface area contributed by atoms with Crippen molar-refractivity contribution in [1.29, 1.82) is 0 Å². The van der Waals surface area contributed by atoms with E-state index in [9.17, 15) is 9.59 Å². The predicted molar refractivity (Wildman–Crippen MR) is 100 cm³/mol. The average Bonchev–Trinajstić information content (AvgIpc) is 3.16. The second kappa shape index (κ2) is 7.90. The minimum atomic E-state index is -0.105. The Labute approximate surface area is 158 Å². The van der Waals surface area contributed by atoms with Gasteiger partial charge in [-0.05, 0) is 50.2 Å². The quantitative estimate of drug-likeness (QED) is 0.895. The van der Waals surface area contributed by atoms with E-state index in [2.05, 4.69) is 15.4 Å². The number of fused-ring (bicyclic) bond motifs is 1. The Morgan fingerprint density at radius 1 is 1.15 bits per heavy atom. The fourth-order valence-electron chi connectivity index (χ4n) is 3.96. The lowest BCUT2D eigenvalue weighted by Gasteiger charge is -2.28. The maximum atomic E-state index is 12.9. The first-order valence-electron chi connectivity index (χ1n) is 9.74. The lowest BCUT2D eigenvalue weighted by molar-refractivity contribution is 0.0721. The molecule has 0 bridgehead atoms. The van der Waals surface area contributed by atoms with E-state index in [1.807, 2.05) is 9.58 Å². The molecule has 1 atom stereocenters. The van der Waals surface area contributed by atoms with Crippen molar-refractivity contribution in [3.8, 4) is 0 Å². The third-order valence-corrected chi connectivity index (χ3v) is 5.53. The minimum absolute atomic E-state index is 0.105. The number of likely N-dealkylation sites (tertiary alicyclic amines) is 1. The predicted octanol–water partition coefficient (Wildman–Crippen LogP) is 1.90. The van der Waals surface area contributed by atoms with E-state index in [1.54, 1.807) is 30.7 Å². The van der Waals surface area contributed by atoms with Crippen molar-refractivity contribution in [2.75, 3.05) is 19.6 Å². The maximum absolute atomic E-state index is 12.9.